The predicted molar refractivity (Wildman–Crippen MR) is 100.0 cm³/mol. The number of amides is 1. The summed E-state index contributed by atoms with van der Waals surface area (Å²) in [6.45, 7) is 0. The Morgan fingerprint density at radius 2 is 1.58 bits per heavy atom. The molecule has 3 aromatic carbocycles. The fourth-order valence-corrected chi connectivity index (χ4v) is 3.30. The van der Waals surface area contributed by atoms with Crippen molar-refractivity contribution in [1.82, 2.24) is 5.32 Å². The molecule has 3 aromatic rings. The average molecular weight is 345 g/mol. The molecule has 1 heterocycles. The van der Waals surface area contributed by atoms with E-state index >= 15 is 0 Å². The van der Waals surface area contributed by atoms with E-state index in [1.165, 1.54) is 0 Å². The second-order valence-electron chi connectivity index (χ2n) is 6.22. The molecule has 1 fully saturated rings. The van der Waals surface area contributed by atoms with Crippen LogP contribution in [0.1, 0.15) is 23.3 Å². The number of carbonyl (C=O) groups is 1. The Balaban J connectivity index is 1.70. The number of alkyl carbamates (subject to hydrolysis) is 1. The fraction of sp³-hybridized carbons (Fsp3) is 0.136. The highest BCUT2D eigenvalue weighted by molar-refractivity contribution is 5.72. The Morgan fingerprint density at radius 3 is 2.38 bits per heavy atom. The molecule has 4 rings (SSSR count). The van der Waals surface area contributed by atoms with Gasteiger partial charge in [-0.1, -0.05) is 60.7 Å². The Morgan fingerprint density at radius 1 is 0.846 bits per heavy atom. The minimum absolute atomic E-state index is 0.252. The number of ether oxygens (including phenoxy) is 2. The first-order valence-electron chi connectivity index (χ1n) is 8.51. The summed E-state index contributed by atoms with van der Waals surface area (Å²) in [4.78, 5) is 12.0. The highest BCUT2D eigenvalue weighted by Gasteiger charge is 2.36. The summed E-state index contributed by atoms with van der Waals surface area (Å²) in [6.07, 6.45) is -0.809. The maximum absolute atomic E-state index is 12.0. The second kappa shape index (κ2) is 6.92. The van der Waals surface area contributed by atoms with Crippen LogP contribution in [0.3, 0.4) is 0 Å². The smallest absolute Gasteiger partial charge is 0.408 e. The molecule has 4 heteroatoms. The number of nitrogens with one attached hydrogen (secondary N) is 1. The lowest BCUT2D eigenvalue weighted by Crippen LogP contribution is -2.19. The zero-order valence-corrected chi connectivity index (χ0v) is 14.4. The molecule has 0 aliphatic carbocycles. The van der Waals surface area contributed by atoms with Crippen molar-refractivity contribution in [3.05, 3.63) is 90.0 Å². The number of hydrogen-bond donors (Lipinski definition) is 1. The number of carbonyl (C=O) groups excluding carboxylic acids is 1. The van der Waals surface area contributed by atoms with E-state index in [4.69, 9.17) is 9.47 Å². The molecule has 1 amide bonds. The molecule has 0 aromatic heterocycles. The molecule has 26 heavy (non-hydrogen) atoms. The third-order valence-electron chi connectivity index (χ3n) is 4.59. The van der Waals surface area contributed by atoms with Gasteiger partial charge < -0.3 is 14.8 Å². The quantitative estimate of drug-likeness (QED) is 0.733. The first-order chi connectivity index (χ1) is 12.7. The van der Waals surface area contributed by atoms with Gasteiger partial charge >= 0.3 is 6.09 Å². The first-order valence-corrected chi connectivity index (χ1v) is 8.51. The van der Waals surface area contributed by atoms with Gasteiger partial charge in [0, 0.05) is 0 Å². The van der Waals surface area contributed by atoms with E-state index in [1.54, 1.807) is 7.11 Å². The van der Waals surface area contributed by atoms with Gasteiger partial charge in [0.25, 0.3) is 0 Å². The van der Waals surface area contributed by atoms with Gasteiger partial charge in [-0.15, -0.1) is 0 Å². The molecule has 130 valence electrons. The molecule has 0 spiro atoms. The normalized spacial score (nSPS) is 18.9. The van der Waals surface area contributed by atoms with Crippen LogP contribution in [-0.2, 0) is 4.74 Å². The lowest BCUT2D eigenvalue weighted by atomic mass is 9.94. The van der Waals surface area contributed by atoms with E-state index in [0.29, 0.717) is 0 Å². The highest BCUT2D eigenvalue weighted by Crippen LogP contribution is 2.38. The third kappa shape index (κ3) is 3.14. The summed E-state index contributed by atoms with van der Waals surface area (Å²) < 4.78 is 10.9. The van der Waals surface area contributed by atoms with Crippen molar-refractivity contribution in [2.45, 2.75) is 12.1 Å². The predicted octanol–water partition coefficient (Wildman–Crippen LogP) is 4.88. The number of methoxy groups -OCH3 is 1. The fourth-order valence-electron chi connectivity index (χ4n) is 3.30. The molecule has 1 aliphatic heterocycles. The van der Waals surface area contributed by atoms with Crippen molar-refractivity contribution in [3.8, 4) is 16.9 Å². The maximum atomic E-state index is 12.0. The number of benzene rings is 3. The molecule has 1 saturated heterocycles. The zero-order chi connectivity index (χ0) is 17.9. The largest absolute Gasteiger partial charge is 0.497 e. The lowest BCUT2D eigenvalue weighted by molar-refractivity contribution is 0.132. The number of hydrogen-bond acceptors (Lipinski definition) is 3. The van der Waals surface area contributed by atoms with Gasteiger partial charge in [0.15, 0.2) is 6.10 Å². The number of rotatable bonds is 4. The Hall–Kier alpha value is -3.27. The van der Waals surface area contributed by atoms with Crippen LogP contribution in [0.15, 0.2) is 78.9 Å². The standard InChI is InChI=1S/C22H19NO3/c1-25-19-12-6-11-18(14-19)21-20(23-22(24)26-21)17-10-5-9-16(13-17)15-7-3-2-4-8-15/h2-14,20-21H,1H3,(H,23,24)/t20-,21-/m0/s1. The van der Waals surface area contributed by atoms with Crippen LogP contribution in [0, 0.1) is 0 Å². The molecule has 2 atom stereocenters. The lowest BCUT2D eigenvalue weighted by Gasteiger charge is -2.19. The van der Waals surface area contributed by atoms with E-state index in [0.717, 1.165) is 28.0 Å². The molecule has 1 N–H and O–H groups in total. The van der Waals surface area contributed by atoms with Crippen molar-refractivity contribution in [1.29, 1.82) is 0 Å². The van der Waals surface area contributed by atoms with Crippen LogP contribution >= 0.6 is 0 Å². The van der Waals surface area contributed by atoms with E-state index < -0.39 is 12.2 Å². The zero-order valence-electron chi connectivity index (χ0n) is 14.4. The van der Waals surface area contributed by atoms with Crippen LogP contribution in [0.4, 0.5) is 4.79 Å². The van der Waals surface area contributed by atoms with Crippen molar-refractivity contribution < 1.29 is 14.3 Å². The van der Waals surface area contributed by atoms with E-state index in [2.05, 4.69) is 29.6 Å². The second-order valence-corrected chi connectivity index (χ2v) is 6.22. The molecule has 4 nitrogen and oxygen atoms in total. The van der Waals surface area contributed by atoms with Gasteiger partial charge in [-0.3, -0.25) is 0 Å². The topological polar surface area (TPSA) is 47.6 Å². The summed E-state index contributed by atoms with van der Waals surface area (Å²) in [5, 5.41) is 2.93. The molecule has 1 aliphatic rings. The van der Waals surface area contributed by atoms with Crippen molar-refractivity contribution >= 4 is 6.09 Å². The Labute approximate surface area is 152 Å². The van der Waals surface area contributed by atoms with Gasteiger partial charge in [-0.05, 0) is 40.5 Å². The van der Waals surface area contributed by atoms with Gasteiger partial charge in [-0.2, -0.15) is 0 Å². The molecular formula is C22H19NO3. The summed E-state index contributed by atoms with van der Waals surface area (Å²) >= 11 is 0. The van der Waals surface area contributed by atoms with Gasteiger partial charge in [0.05, 0.1) is 13.2 Å². The van der Waals surface area contributed by atoms with Crippen LogP contribution in [0.2, 0.25) is 0 Å². The SMILES string of the molecule is COc1cccc([C@@H]2OC(=O)N[C@H]2c2cccc(-c3ccccc3)c2)c1. The Kier molecular flexibility index (Phi) is 4.32. The monoisotopic (exact) mass is 345 g/mol. The minimum Gasteiger partial charge on any atom is -0.497 e. The average Bonchev–Trinajstić information content (AvgIpc) is 3.11. The first kappa shape index (κ1) is 16.2. The van der Waals surface area contributed by atoms with Crippen LogP contribution in [0.25, 0.3) is 11.1 Å². The molecule has 0 unspecified atom stereocenters. The highest BCUT2D eigenvalue weighted by atomic mass is 16.6. The van der Waals surface area contributed by atoms with E-state index in [1.807, 2.05) is 54.6 Å². The van der Waals surface area contributed by atoms with Crippen LogP contribution in [0.5, 0.6) is 5.75 Å². The third-order valence-corrected chi connectivity index (χ3v) is 4.59. The van der Waals surface area contributed by atoms with Crippen molar-refractivity contribution in [3.63, 3.8) is 0 Å². The van der Waals surface area contributed by atoms with Gasteiger partial charge in [0.1, 0.15) is 5.75 Å². The van der Waals surface area contributed by atoms with Crippen LogP contribution in [-0.4, -0.2) is 13.2 Å². The molecule has 0 bridgehead atoms. The summed E-state index contributed by atoms with van der Waals surface area (Å²) in [6, 6.07) is 25.7. The van der Waals surface area contributed by atoms with E-state index in [-0.39, 0.29) is 6.04 Å². The summed E-state index contributed by atoms with van der Waals surface area (Å²) in [5.74, 6) is 0.738. The molecular weight excluding hydrogens is 326 g/mol. The van der Waals surface area contributed by atoms with Crippen LogP contribution < -0.4 is 10.1 Å². The van der Waals surface area contributed by atoms with Gasteiger partial charge in [-0.25, -0.2) is 4.79 Å². The van der Waals surface area contributed by atoms with Crippen molar-refractivity contribution in [2.24, 2.45) is 0 Å². The van der Waals surface area contributed by atoms with Gasteiger partial charge in [0.2, 0.25) is 0 Å². The molecule has 0 radical (unpaired) electrons. The molecule has 0 saturated carbocycles. The Bertz CT molecular complexity index is 923. The van der Waals surface area contributed by atoms with E-state index in [9.17, 15) is 4.79 Å². The summed E-state index contributed by atoms with van der Waals surface area (Å²) in [7, 11) is 1.62. The summed E-state index contributed by atoms with van der Waals surface area (Å²) in [5.41, 5.74) is 4.15. The van der Waals surface area contributed by atoms with Crippen molar-refractivity contribution in [2.75, 3.05) is 7.11 Å². The number of cyclic esters (lactones) is 1. The maximum Gasteiger partial charge on any atom is 0.408 e. The minimum atomic E-state index is -0.409.